The fourth-order valence-electron chi connectivity index (χ4n) is 2.29. The Hall–Kier alpha value is -2.33. The zero-order valence-electron chi connectivity index (χ0n) is 12.3. The second kappa shape index (κ2) is 6.90. The minimum Gasteiger partial charge on any atom is -0.497 e. The Kier molecular flexibility index (Phi) is 4.95. The lowest BCUT2D eigenvalue weighted by Gasteiger charge is -2.13. The highest BCUT2D eigenvalue weighted by molar-refractivity contribution is 5.92. The Morgan fingerprint density at radius 1 is 1.14 bits per heavy atom. The molecule has 0 heterocycles. The van der Waals surface area contributed by atoms with Crippen molar-refractivity contribution in [3.8, 4) is 16.9 Å². The van der Waals surface area contributed by atoms with Crippen molar-refractivity contribution in [3.63, 3.8) is 0 Å². The molecule has 2 N–H and O–H groups in total. The first kappa shape index (κ1) is 15.1. The van der Waals surface area contributed by atoms with Gasteiger partial charge >= 0.3 is 0 Å². The summed E-state index contributed by atoms with van der Waals surface area (Å²) >= 11 is 0. The van der Waals surface area contributed by atoms with Gasteiger partial charge in [-0.3, -0.25) is 4.79 Å². The van der Waals surface area contributed by atoms with Crippen LogP contribution in [-0.2, 0) is 11.2 Å². The number of hydrogen-bond donors (Lipinski definition) is 1. The summed E-state index contributed by atoms with van der Waals surface area (Å²) in [6.07, 6.45) is 1.56. The maximum absolute atomic E-state index is 11.3. The van der Waals surface area contributed by atoms with E-state index in [0.29, 0.717) is 23.6 Å². The molecule has 0 radical (unpaired) electrons. The molecular formula is C17H19NO3. The molecule has 0 aromatic heterocycles. The highest BCUT2D eigenvalue weighted by atomic mass is 16.5. The molecule has 2 rings (SSSR count). The van der Waals surface area contributed by atoms with E-state index in [1.165, 1.54) is 0 Å². The Labute approximate surface area is 124 Å². The third kappa shape index (κ3) is 3.23. The first-order valence-electron chi connectivity index (χ1n) is 6.71. The molecular weight excluding hydrogens is 266 g/mol. The molecule has 0 saturated carbocycles. The van der Waals surface area contributed by atoms with Crippen LogP contribution < -0.4 is 10.5 Å². The predicted octanol–water partition coefficient (Wildman–Crippen LogP) is 2.95. The summed E-state index contributed by atoms with van der Waals surface area (Å²) in [5, 5.41) is 0. The summed E-state index contributed by atoms with van der Waals surface area (Å²) in [5.41, 5.74) is 10.2. The largest absolute Gasteiger partial charge is 0.497 e. The van der Waals surface area contributed by atoms with Crippen LogP contribution in [0.2, 0.25) is 0 Å². The van der Waals surface area contributed by atoms with Gasteiger partial charge in [0.05, 0.1) is 13.7 Å². The zero-order chi connectivity index (χ0) is 15.2. The van der Waals surface area contributed by atoms with Crippen molar-refractivity contribution in [1.82, 2.24) is 0 Å². The van der Waals surface area contributed by atoms with Gasteiger partial charge in [0.2, 0.25) is 0 Å². The number of hydrogen-bond acceptors (Lipinski definition) is 4. The van der Waals surface area contributed by atoms with Gasteiger partial charge in [0.1, 0.15) is 5.75 Å². The van der Waals surface area contributed by atoms with Gasteiger partial charge in [0, 0.05) is 23.9 Å². The lowest BCUT2D eigenvalue weighted by atomic mass is 9.95. The molecule has 0 fully saturated rings. The molecule has 4 nitrogen and oxygen atoms in total. The van der Waals surface area contributed by atoms with Crippen LogP contribution in [0.3, 0.4) is 0 Å². The second-order valence-electron chi connectivity index (χ2n) is 4.69. The van der Waals surface area contributed by atoms with E-state index in [-0.39, 0.29) is 0 Å². The highest BCUT2D eigenvalue weighted by Crippen LogP contribution is 2.32. The molecule has 0 aliphatic rings. The number of nitrogen functional groups attached to an aromatic ring is 1. The molecule has 4 heteroatoms. The molecule has 0 spiro atoms. The zero-order valence-corrected chi connectivity index (χ0v) is 12.3. The van der Waals surface area contributed by atoms with Crippen LogP contribution in [0.5, 0.6) is 5.75 Å². The summed E-state index contributed by atoms with van der Waals surface area (Å²) in [6, 6.07) is 11.2. The number of carbonyl (C=O) groups excluding carboxylic acids is 1. The molecule has 0 aliphatic carbocycles. The van der Waals surface area contributed by atoms with E-state index in [4.69, 9.17) is 15.2 Å². The fraction of sp³-hybridized carbons (Fsp3) is 0.235. The van der Waals surface area contributed by atoms with Crippen molar-refractivity contribution in [2.24, 2.45) is 0 Å². The van der Waals surface area contributed by atoms with Crippen LogP contribution in [-0.4, -0.2) is 27.1 Å². The summed E-state index contributed by atoms with van der Waals surface area (Å²) in [6.45, 7) is 0.608. The molecule has 21 heavy (non-hydrogen) atoms. The minimum absolute atomic E-state index is 0.560. The van der Waals surface area contributed by atoms with Crippen molar-refractivity contribution < 1.29 is 14.3 Å². The van der Waals surface area contributed by atoms with E-state index >= 15 is 0 Å². The maximum atomic E-state index is 11.3. The van der Waals surface area contributed by atoms with Gasteiger partial charge in [-0.2, -0.15) is 0 Å². The molecule has 0 atom stereocenters. The molecule has 0 amide bonds. The van der Waals surface area contributed by atoms with Gasteiger partial charge in [-0.25, -0.2) is 0 Å². The number of nitrogens with two attached hydrogens (primary N) is 1. The standard InChI is InChI=1S/C17H19NO3/c1-20-9-8-12-4-3-5-16(17(12)18)15-7-6-14(21-2)10-13(15)11-19/h3-7,10-11H,8-9,18H2,1-2H3. The first-order valence-corrected chi connectivity index (χ1v) is 6.71. The third-order valence-electron chi connectivity index (χ3n) is 3.45. The van der Waals surface area contributed by atoms with Gasteiger partial charge < -0.3 is 15.2 Å². The predicted molar refractivity (Wildman–Crippen MR) is 83.8 cm³/mol. The second-order valence-corrected chi connectivity index (χ2v) is 4.69. The number of rotatable bonds is 6. The summed E-state index contributed by atoms with van der Waals surface area (Å²) in [5.74, 6) is 0.648. The number of ether oxygens (including phenoxy) is 2. The quantitative estimate of drug-likeness (QED) is 0.655. The van der Waals surface area contributed by atoms with Crippen LogP contribution in [0, 0.1) is 0 Å². The lowest BCUT2D eigenvalue weighted by Crippen LogP contribution is -2.02. The molecule has 0 saturated heterocycles. The summed E-state index contributed by atoms with van der Waals surface area (Å²) in [4.78, 5) is 11.3. The van der Waals surface area contributed by atoms with Crippen LogP contribution in [0.15, 0.2) is 36.4 Å². The number of carbonyl (C=O) groups is 1. The number of benzene rings is 2. The smallest absolute Gasteiger partial charge is 0.150 e. The topological polar surface area (TPSA) is 61.5 Å². The average Bonchev–Trinajstić information content (AvgIpc) is 2.53. The number of methoxy groups -OCH3 is 2. The minimum atomic E-state index is 0.560. The molecule has 110 valence electrons. The fourth-order valence-corrected chi connectivity index (χ4v) is 2.29. The van der Waals surface area contributed by atoms with Crippen LogP contribution in [0.1, 0.15) is 15.9 Å². The number of anilines is 1. The van der Waals surface area contributed by atoms with Crippen LogP contribution in [0.25, 0.3) is 11.1 Å². The molecule has 0 bridgehead atoms. The van der Waals surface area contributed by atoms with Gasteiger partial charge in [-0.05, 0) is 35.7 Å². The van der Waals surface area contributed by atoms with E-state index in [1.807, 2.05) is 30.3 Å². The number of para-hydroxylation sites is 1. The Bertz CT molecular complexity index is 638. The highest BCUT2D eigenvalue weighted by Gasteiger charge is 2.11. The van der Waals surface area contributed by atoms with E-state index in [9.17, 15) is 4.79 Å². The van der Waals surface area contributed by atoms with Crippen molar-refractivity contribution in [2.45, 2.75) is 6.42 Å². The average molecular weight is 285 g/mol. The van der Waals surface area contributed by atoms with Gasteiger partial charge in [-0.1, -0.05) is 18.2 Å². The SMILES string of the molecule is COCCc1cccc(-c2ccc(OC)cc2C=O)c1N. The monoisotopic (exact) mass is 285 g/mol. The normalized spacial score (nSPS) is 10.4. The third-order valence-corrected chi connectivity index (χ3v) is 3.45. The van der Waals surface area contributed by atoms with E-state index in [0.717, 1.165) is 29.4 Å². The summed E-state index contributed by atoms with van der Waals surface area (Å²) < 4.78 is 10.2. The van der Waals surface area contributed by atoms with E-state index < -0.39 is 0 Å². The van der Waals surface area contributed by atoms with E-state index in [1.54, 1.807) is 20.3 Å². The molecule has 2 aromatic carbocycles. The lowest BCUT2D eigenvalue weighted by molar-refractivity contribution is 0.112. The molecule has 2 aromatic rings. The molecule has 0 unspecified atom stereocenters. The number of aldehydes is 1. The van der Waals surface area contributed by atoms with Crippen molar-refractivity contribution in [3.05, 3.63) is 47.5 Å². The van der Waals surface area contributed by atoms with Crippen LogP contribution >= 0.6 is 0 Å². The Balaban J connectivity index is 2.49. The first-order chi connectivity index (χ1) is 10.2. The molecule has 0 aliphatic heterocycles. The van der Waals surface area contributed by atoms with Gasteiger partial charge in [0.15, 0.2) is 6.29 Å². The van der Waals surface area contributed by atoms with Crippen molar-refractivity contribution >= 4 is 12.0 Å². The Morgan fingerprint density at radius 2 is 1.95 bits per heavy atom. The van der Waals surface area contributed by atoms with Crippen molar-refractivity contribution in [1.29, 1.82) is 0 Å². The Morgan fingerprint density at radius 3 is 2.62 bits per heavy atom. The van der Waals surface area contributed by atoms with Gasteiger partial charge in [-0.15, -0.1) is 0 Å². The van der Waals surface area contributed by atoms with E-state index in [2.05, 4.69) is 0 Å². The van der Waals surface area contributed by atoms with Crippen molar-refractivity contribution in [2.75, 3.05) is 26.6 Å². The summed E-state index contributed by atoms with van der Waals surface area (Å²) in [7, 11) is 3.23. The maximum Gasteiger partial charge on any atom is 0.150 e. The van der Waals surface area contributed by atoms with Crippen LogP contribution in [0.4, 0.5) is 5.69 Å². The van der Waals surface area contributed by atoms with Gasteiger partial charge in [0.25, 0.3) is 0 Å².